The summed E-state index contributed by atoms with van der Waals surface area (Å²) >= 11 is 5.34. The second-order valence-electron chi connectivity index (χ2n) is 5.33. The maximum absolute atomic E-state index is 11.9. The zero-order chi connectivity index (χ0) is 21.0. The molecule has 0 spiro atoms. The summed E-state index contributed by atoms with van der Waals surface area (Å²) in [6.07, 6.45) is -0.454. The number of rotatable bonds is 9. The number of halogens is 1. The van der Waals surface area contributed by atoms with Gasteiger partial charge in [-0.1, -0.05) is 0 Å². The van der Waals surface area contributed by atoms with E-state index in [1.54, 1.807) is 0 Å². The van der Waals surface area contributed by atoms with E-state index < -0.39 is 57.1 Å². The molecule has 0 fully saturated rings. The smallest absolute Gasteiger partial charge is 0.296 e. The van der Waals surface area contributed by atoms with Crippen LogP contribution in [0.1, 0.15) is 12.8 Å². The van der Waals surface area contributed by atoms with Crippen molar-refractivity contribution in [2.45, 2.75) is 22.6 Å². The number of nitrogen functional groups attached to an aromatic ring is 1. The molecule has 0 saturated carbocycles. The first-order valence-electron chi connectivity index (χ1n) is 7.12. The zero-order valence-electron chi connectivity index (χ0n) is 13.6. The summed E-state index contributed by atoms with van der Waals surface area (Å²) in [4.78, 5) is 10.2. The number of nitrogens with two attached hydrogens (primary N) is 1. The number of benzene rings is 1. The van der Waals surface area contributed by atoms with Crippen molar-refractivity contribution in [3.05, 3.63) is 12.1 Å². The van der Waals surface area contributed by atoms with E-state index in [2.05, 4.69) is 0 Å². The van der Waals surface area contributed by atoms with E-state index in [0.29, 0.717) is 12.1 Å². The van der Waals surface area contributed by atoms with Crippen molar-refractivity contribution in [3.8, 4) is 0 Å². The fraction of sp³-hybridized carbons (Fsp3) is 0.417. The molecule has 0 unspecified atom stereocenters. The molecule has 0 aromatic heterocycles. The van der Waals surface area contributed by atoms with Gasteiger partial charge in [-0.3, -0.25) is 13.9 Å². The van der Waals surface area contributed by atoms with Crippen LogP contribution >= 0.6 is 11.6 Å². The van der Waals surface area contributed by atoms with Gasteiger partial charge < -0.3 is 11.1 Å². The summed E-state index contributed by atoms with van der Waals surface area (Å²) in [5.41, 5.74) is 4.04. The third kappa shape index (κ3) is 7.23. The first-order chi connectivity index (χ1) is 12.2. The Kier molecular flexibility index (Phi) is 7.60. The molecule has 27 heavy (non-hydrogen) atoms. The van der Waals surface area contributed by atoms with Crippen LogP contribution < -0.4 is 11.1 Å². The molecule has 0 bridgehead atoms. The topological polar surface area (TPSA) is 198 Å². The molecule has 11 nitrogen and oxygen atoms in total. The molecule has 5 N–H and O–H groups in total. The molecule has 0 aliphatic heterocycles. The van der Waals surface area contributed by atoms with Crippen LogP contribution in [0.4, 0.5) is 11.4 Å². The van der Waals surface area contributed by atoms with Crippen LogP contribution in [-0.4, -0.2) is 57.7 Å². The Morgan fingerprint density at radius 3 is 2.04 bits per heavy atom. The number of anilines is 2. The van der Waals surface area contributed by atoms with E-state index in [0.717, 1.165) is 0 Å². The van der Waals surface area contributed by atoms with Crippen LogP contribution in [0, 0.1) is 0 Å². The van der Waals surface area contributed by atoms with E-state index in [-0.39, 0.29) is 30.2 Å². The molecule has 1 rings (SSSR count). The van der Waals surface area contributed by atoms with Gasteiger partial charge in [0.15, 0.2) is 9.84 Å². The Labute approximate surface area is 161 Å². The minimum absolute atomic E-state index is 0.101. The molecule has 0 atom stereocenters. The average molecular weight is 465 g/mol. The molecule has 1 amide bonds. The van der Waals surface area contributed by atoms with Crippen molar-refractivity contribution in [2.24, 2.45) is 0 Å². The van der Waals surface area contributed by atoms with Gasteiger partial charge in [-0.2, -0.15) is 16.8 Å². The minimum Gasteiger partial charge on any atom is -0.398 e. The van der Waals surface area contributed by atoms with Crippen LogP contribution in [0.25, 0.3) is 0 Å². The Balaban J connectivity index is 3.09. The Hall–Kier alpha value is -1.45. The van der Waals surface area contributed by atoms with Gasteiger partial charge >= 0.3 is 0 Å². The highest BCUT2D eigenvalue weighted by Crippen LogP contribution is 2.30. The normalized spacial score (nSPS) is 12.7. The van der Waals surface area contributed by atoms with Gasteiger partial charge in [-0.25, -0.2) is 8.42 Å². The highest BCUT2D eigenvalue weighted by Gasteiger charge is 2.24. The van der Waals surface area contributed by atoms with E-state index in [9.17, 15) is 34.6 Å². The van der Waals surface area contributed by atoms with Gasteiger partial charge in [-0.05, 0) is 18.6 Å². The number of carbonyl (C=O) groups excluding carboxylic acids is 1. The van der Waals surface area contributed by atoms with Gasteiger partial charge in [0.2, 0.25) is 5.91 Å². The summed E-state index contributed by atoms with van der Waals surface area (Å²) < 4.78 is 86.7. The molecule has 15 heteroatoms. The van der Waals surface area contributed by atoms with Gasteiger partial charge in [0.25, 0.3) is 20.2 Å². The molecule has 0 radical (unpaired) electrons. The lowest BCUT2D eigenvalue weighted by Crippen LogP contribution is -2.18. The number of hydrogen-bond donors (Lipinski definition) is 4. The molecule has 1 aromatic rings. The van der Waals surface area contributed by atoms with Crippen molar-refractivity contribution in [2.75, 3.05) is 28.4 Å². The fourth-order valence-electron chi connectivity index (χ4n) is 2.00. The van der Waals surface area contributed by atoms with Gasteiger partial charge in [0.05, 0.1) is 22.9 Å². The standard InChI is InChI=1S/C12H17ClN2O9S3/c13-3-5-25(17,18)4-1-2-12(16)15-9-7-10(26(19,20)21)8(14)6-11(9)27(22,23)24/h6-7H,1-5,14H2,(H,15,16)(H,19,20,21)(H,22,23,24). The quantitative estimate of drug-likeness (QED) is 0.221. The lowest BCUT2D eigenvalue weighted by atomic mass is 10.2. The van der Waals surface area contributed by atoms with Crippen molar-refractivity contribution >= 4 is 59.0 Å². The Morgan fingerprint density at radius 1 is 1.00 bits per heavy atom. The van der Waals surface area contributed by atoms with Gasteiger partial charge in [0.1, 0.15) is 9.79 Å². The average Bonchev–Trinajstić information content (AvgIpc) is 2.46. The molecule has 0 aliphatic rings. The van der Waals surface area contributed by atoms with Gasteiger partial charge in [-0.15, -0.1) is 11.6 Å². The predicted molar refractivity (Wildman–Crippen MR) is 97.7 cm³/mol. The molecule has 1 aromatic carbocycles. The molecular weight excluding hydrogens is 448 g/mol. The van der Waals surface area contributed by atoms with Crippen LogP contribution in [0.15, 0.2) is 21.9 Å². The minimum atomic E-state index is -4.90. The lowest BCUT2D eigenvalue weighted by Gasteiger charge is -2.12. The highest BCUT2D eigenvalue weighted by atomic mass is 35.5. The van der Waals surface area contributed by atoms with E-state index in [1.165, 1.54) is 0 Å². The molecule has 154 valence electrons. The summed E-state index contributed by atoms with van der Waals surface area (Å²) in [6, 6.07) is 1.12. The van der Waals surface area contributed by atoms with E-state index in [4.69, 9.17) is 21.9 Å². The second-order valence-corrected chi connectivity index (χ2v) is 10.8. The monoisotopic (exact) mass is 464 g/mol. The van der Waals surface area contributed by atoms with Crippen LogP contribution in [-0.2, 0) is 34.9 Å². The number of alkyl halides is 1. The first-order valence-corrected chi connectivity index (χ1v) is 12.4. The Bertz CT molecular complexity index is 1030. The van der Waals surface area contributed by atoms with Crippen molar-refractivity contribution in [1.29, 1.82) is 0 Å². The second kappa shape index (κ2) is 8.70. The van der Waals surface area contributed by atoms with Crippen LogP contribution in [0.2, 0.25) is 0 Å². The molecule has 0 heterocycles. The van der Waals surface area contributed by atoms with Crippen LogP contribution in [0.5, 0.6) is 0 Å². The largest absolute Gasteiger partial charge is 0.398 e. The molecular formula is C12H17ClN2O9S3. The van der Waals surface area contributed by atoms with E-state index in [1.807, 2.05) is 5.32 Å². The summed E-state index contributed by atoms with van der Waals surface area (Å²) in [7, 11) is -13.2. The highest BCUT2D eigenvalue weighted by molar-refractivity contribution is 7.91. The SMILES string of the molecule is Nc1cc(S(=O)(=O)O)c(NC(=O)CCCS(=O)(=O)CCCl)cc1S(=O)(=O)O. The molecule has 0 aliphatic carbocycles. The summed E-state index contributed by atoms with van der Waals surface area (Å²) in [6.45, 7) is 0. The van der Waals surface area contributed by atoms with Crippen molar-refractivity contribution in [3.63, 3.8) is 0 Å². The Morgan fingerprint density at radius 2 is 1.56 bits per heavy atom. The van der Waals surface area contributed by atoms with Gasteiger partial charge in [0, 0.05) is 12.3 Å². The number of nitrogens with one attached hydrogen (secondary N) is 1. The molecule has 0 saturated heterocycles. The third-order valence-corrected chi connectivity index (χ3v) is 7.14. The number of hydrogen-bond acceptors (Lipinski definition) is 8. The summed E-state index contributed by atoms with van der Waals surface area (Å²) in [5.74, 6) is -1.56. The number of amides is 1. The number of sulfone groups is 1. The van der Waals surface area contributed by atoms with Crippen LogP contribution in [0.3, 0.4) is 0 Å². The maximum Gasteiger partial charge on any atom is 0.296 e. The van der Waals surface area contributed by atoms with Crippen molar-refractivity contribution < 1.29 is 39.2 Å². The summed E-state index contributed by atoms with van der Waals surface area (Å²) in [5, 5.41) is 2.04. The first kappa shape index (κ1) is 23.6. The fourth-order valence-corrected chi connectivity index (χ4v) is 5.01. The zero-order valence-corrected chi connectivity index (χ0v) is 16.8. The van der Waals surface area contributed by atoms with E-state index >= 15 is 0 Å². The predicted octanol–water partition coefficient (Wildman–Crippen LogP) is 0.135. The maximum atomic E-state index is 11.9. The number of carbonyl (C=O) groups is 1. The van der Waals surface area contributed by atoms with Crippen molar-refractivity contribution in [1.82, 2.24) is 0 Å². The third-order valence-electron chi connectivity index (χ3n) is 3.19. The lowest BCUT2D eigenvalue weighted by molar-refractivity contribution is -0.116.